The van der Waals surface area contributed by atoms with Gasteiger partial charge in [-0.15, -0.1) is 0 Å². The predicted octanol–water partition coefficient (Wildman–Crippen LogP) is 1.40. The molecule has 1 heterocycles. The molecule has 0 radical (unpaired) electrons. The number of hydrogen-bond acceptors (Lipinski definition) is 3. The Bertz CT molecular complexity index is 266. The standard InChI is InChI=1S/C9H13FN2O/c1-7(13)4-6-12-9-8(10)3-2-5-11-9/h2-3,5,7,13H,4,6H2,1H3,(H,11,12)/t7-/m1/s1. The third-order valence-corrected chi connectivity index (χ3v) is 1.61. The fourth-order valence-electron chi connectivity index (χ4n) is 0.915. The zero-order chi connectivity index (χ0) is 9.68. The van der Waals surface area contributed by atoms with Crippen molar-refractivity contribution in [1.82, 2.24) is 4.98 Å². The van der Waals surface area contributed by atoms with Crippen molar-refractivity contribution >= 4 is 5.82 Å². The van der Waals surface area contributed by atoms with Crippen LogP contribution in [0.1, 0.15) is 13.3 Å². The first-order chi connectivity index (χ1) is 6.20. The van der Waals surface area contributed by atoms with Crippen molar-refractivity contribution in [2.24, 2.45) is 0 Å². The molecule has 1 atom stereocenters. The van der Waals surface area contributed by atoms with Crippen LogP contribution in [-0.4, -0.2) is 22.7 Å². The van der Waals surface area contributed by atoms with Crippen molar-refractivity contribution in [2.75, 3.05) is 11.9 Å². The van der Waals surface area contributed by atoms with Gasteiger partial charge in [-0.25, -0.2) is 9.37 Å². The van der Waals surface area contributed by atoms with E-state index in [-0.39, 0.29) is 17.7 Å². The summed E-state index contributed by atoms with van der Waals surface area (Å²) in [7, 11) is 0. The Labute approximate surface area is 76.6 Å². The van der Waals surface area contributed by atoms with Gasteiger partial charge in [-0.2, -0.15) is 0 Å². The first-order valence-electron chi connectivity index (χ1n) is 4.22. The molecule has 2 N–H and O–H groups in total. The summed E-state index contributed by atoms with van der Waals surface area (Å²) < 4.78 is 12.9. The van der Waals surface area contributed by atoms with E-state index in [1.165, 1.54) is 18.3 Å². The molecule has 0 spiro atoms. The number of halogens is 1. The average Bonchev–Trinajstić information content (AvgIpc) is 2.08. The Morgan fingerprint density at radius 3 is 3.08 bits per heavy atom. The van der Waals surface area contributed by atoms with E-state index in [0.717, 1.165) is 0 Å². The summed E-state index contributed by atoms with van der Waals surface area (Å²) in [5.41, 5.74) is 0. The first kappa shape index (κ1) is 9.92. The molecule has 72 valence electrons. The molecular weight excluding hydrogens is 171 g/mol. The van der Waals surface area contributed by atoms with Gasteiger partial charge in [0, 0.05) is 12.7 Å². The van der Waals surface area contributed by atoms with E-state index in [9.17, 15) is 4.39 Å². The third-order valence-electron chi connectivity index (χ3n) is 1.61. The van der Waals surface area contributed by atoms with Gasteiger partial charge in [-0.3, -0.25) is 0 Å². The van der Waals surface area contributed by atoms with E-state index in [4.69, 9.17) is 5.11 Å². The second-order valence-corrected chi connectivity index (χ2v) is 2.90. The number of pyridine rings is 1. The topological polar surface area (TPSA) is 45.1 Å². The van der Waals surface area contributed by atoms with Gasteiger partial charge < -0.3 is 10.4 Å². The monoisotopic (exact) mass is 184 g/mol. The summed E-state index contributed by atoms with van der Waals surface area (Å²) in [6, 6.07) is 2.88. The Morgan fingerprint density at radius 1 is 1.69 bits per heavy atom. The van der Waals surface area contributed by atoms with Crippen LogP contribution in [0.5, 0.6) is 0 Å². The number of aromatic nitrogens is 1. The maximum Gasteiger partial charge on any atom is 0.165 e. The Morgan fingerprint density at radius 2 is 2.46 bits per heavy atom. The molecule has 0 aliphatic rings. The van der Waals surface area contributed by atoms with Crippen LogP contribution in [0, 0.1) is 5.82 Å². The van der Waals surface area contributed by atoms with Gasteiger partial charge in [-0.1, -0.05) is 0 Å². The summed E-state index contributed by atoms with van der Waals surface area (Å²) in [5, 5.41) is 11.7. The molecular formula is C9H13FN2O. The fraction of sp³-hybridized carbons (Fsp3) is 0.444. The highest BCUT2D eigenvalue weighted by Crippen LogP contribution is 2.08. The minimum atomic E-state index is -0.376. The normalized spacial score (nSPS) is 12.5. The second kappa shape index (κ2) is 4.77. The van der Waals surface area contributed by atoms with E-state index < -0.39 is 0 Å². The number of nitrogens with zero attached hydrogens (tertiary/aromatic N) is 1. The molecule has 0 aliphatic heterocycles. The van der Waals surface area contributed by atoms with Gasteiger partial charge in [0.1, 0.15) is 0 Å². The SMILES string of the molecule is C[C@@H](O)CCNc1ncccc1F. The average molecular weight is 184 g/mol. The molecule has 0 unspecified atom stereocenters. The number of nitrogens with one attached hydrogen (secondary N) is 1. The number of rotatable bonds is 4. The Balaban J connectivity index is 2.41. The smallest absolute Gasteiger partial charge is 0.165 e. The molecule has 0 bridgehead atoms. The number of anilines is 1. The molecule has 0 saturated heterocycles. The van der Waals surface area contributed by atoms with E-state index in [1.54, 1.807) is 6.92 Å². The minimum Gasteiger partial charge on any atom is -0.393 e. The van der Waals surface area contributed by atoms with Crippen molar-refractivity contribution in [3.05, 3.63) is 24.1 Å². The van der Waals surface area contributed by atoms with Crippen LogP contribution in [0.2, 0.25) is 0 Å². The highest BCUT2D eigenvalue weighted by atomic mass is 19.1. The zero-order valence-electron chi connectivity index (χ0n) is 7.50. The molecule has 3 nitrogen and oxygen atoms in total. The minimum absolute atomic E-state index is 0.239. The molecule has 1 aromatic heterocycles. The molecule has 0 saturated carbocycles. The molecule has 1 aromatic rings. The summed E-state index contributed by atoms with van der Waals surface area (Å²) in [5.74, 6) is -0.128. The predicted molar refractivity (Wildman–Crippen MR) is 49.0 cm³/mol. The van der Waals surface area contributed by atoms with Crippen molar-refractivity contribution in [2.45, 2.75) is 19.4 Å². The summed E-state index contributed by atoms with van der Waals surface area (Å²) in [6.45, 7) is 2.21. The summed E-state index contributed by atoms with van der Waals surface area (Å²) in [6.07, 6.45) is 1.73. The third kappa shape index (κ3) is 3.38. The van der Waals surface area contributed by atoms with Gasteiger partial charge >= 0.3 is 0 Å². The lowest BCUT2D eigenvalue weighted by atomic mass is 10.3. The number of hydrogen-bond donors (Lipinski definition) is 2. The van der Waals surface area contributed by atoms with Gasteiger partial charge in [0.2, 0.25) is 0 Å². The summed E-state index contributed by atoms with van der Waals surface area (Å²) >= 11 is 0. The van der Waals surface area contributed by atoms with Crippen LogP contribution in [-0.2, 0) is 0 Å². The quantitative estimate of drug-likeness (QED) is 0.743. The second-order valence-electron chi connectivity index (χ2n) is 2.90. The fourth-order valence-corrected chi connectivity index (χ4v) is 0.915. The summed E-state index contributed by atoms with van der Waals surface area (Å²) in [4.78, 5) is 3.81. The van der Waals surface area contributed by atoms with E-state index in [1.807, 2.05) is 0 Å². The zero-order valence-corrected chi connectivity index (χ0v) is 7.50. The molecule has 4 heteroatoms. The van der Waals surface area contributed by atoms with Gasteiger partial charge in [0.25, 0.3) is 0 Å². The van der Waals surface area contributed by atoms with Gasteiger partial charge in [0.15, 0.2) is 11.6 Å². The Hall–Kier alpha value is -1.16. The van der Waals surface area contributed by atoms with Crippen molar-refractivity contribution in [3.8, 4) is 0 Å². The first-order valence-corrected chi connectivity index (χ1v) is 4.22. The molecule has 0 aliphatic carbocycles. The highest BCUT2D eigenvalue weighted by molar-refractivity contribution is 5.35. The largest absolute Gasteiger partial charge is 0.393 e. The lowest BCUT2D eigenvalue weighted by Crippen LogP contribution is -2.11. The molecule has 13 heavy (non-hydrogen) atoms. The van der Waals surface area contributed by atoms with Crippen LogP contribution >= 0.6 is 0 Å². The van der Waals surface area contributed by atoms with Crippen LogP contribution in [0.3, 0.4) is 0 Å². The van der Waals surface area contributed by atoms with Crippen LogP contribution < -0.4 is 5.32 Å². The molecule has 0 amide bonds. The van der Waals surface area contributed by atoms with Crippen LogP contribution in [0.4, 0.5) is 10.2 Å². The Kier molecular flexibility index (Phi) is 3.64. The molecule has 0 aromatic carbocycles. The van der Waals surface area contributed by atoms with Crippen molar-refractivity contribution in [3.63, 3.8) is 0 Å². The number of aliphatic hydroxyl groups is 1. The van der Waals surface area contributed by atoms with Crippen LogP contribution in [0.15, 0.2) is 18.3 Å². The number of aliphatic hydroxyl groups excluding tert-OH is 1. The van der Waals surface area contributed by atoms with Gasteiger partial charge in [0.05, 0.1) is 6.10 Å². The van der Waals surface area contributed by atoms with Gasteiger partial charge in [-0.05, 0) is 25.5 Å². The highest BCUT2D eigenvalue weighted by Gasteiger charge is 2.01. The lowest BCUT2D eigenvalue weighted by Gasteiger charge is -2.07. The van der Waals surface area contributed by atoms with Crippen molar-refractivity contribution < 1.29 is 9.50 Å². The van der Waals surface area contributed by atoms with Crippen LogP contribution in [0.25, 0.3) is 0 Å². The van der Waals surface area contributed by atoms with Crippen molar-refractivity contribution in [1.29, 1.82) is 0 Å². The maximum atomic E-state index is 12.9. The molecule has 1 rings (SSSR count). The maximum absolute atomic E-state index is 12.9. The van der Waals surface area contributed by atoms with E-state index in [0.29, 0.717) is 13.0 Å². The van der Waals surface area contributed by atoms with E-state index >= 15 is 0 Å². The van der Waals surface area contributed by atoms with E-state index in [2.05, 4.69) is 10.3 Å². The lowest BCUT2D eigenvalue weighted by molar-refractivity contribution is 0.188. The molecule has 0 fully saturated rings.